The lowest BCUT2D eigenvalue weighted by Gasteiger charge is -2.32. The fraction of sp³-hybridized carbons (Fsp3) is 0.276. The zero-order valence-corrected chi connectivity index (χ0v) is 21.5. The first kappa shape index (κ1) is 23.0. The Kier molecular flexibility index (Phi) is 5.69. The van der Waals surface area contributed by atoms with Crippen molar-refractivity contribution in [1.29, 1.82) is 0 Å². The van der Waals surface area contributed by atoms with Crippen LogP contribution in [-0.4, -0.2) is 34.0 Å². The topological polar surface area (TPSA) is 40.5 Å². The van der Waals surface area contributed by atoms with Gasteiger partial charge < -0.3 is 19.7 Å². The summed E-state index contributed by atoms with van der Waals surface area (Å²) >= 11 is 1.83. The molecule has 1 atom stereocenters. The van der Waals surface area contributed by atoms with Crippen LogP contribution in [0.3, 0.4) is 0 Å². The van der Waals surface area contributed by atoms with Crippen molar-refractivity contribution in [2.24, 2.45) is 0 Å². The molecule has 184 valence electrons. The third kappa shape index (κ3) is 3.92. The number of carbonyl (C=O) groups is 1. The highest BCUT2D eigenvalue weighted by atomic mass is 32.1. The molecule has 4 heterocycles. The molecule has 2 amide bonds. The van der Waals surface area contributed by atoms with Crippen LogP contribution in [0.4, 0.5) is 14.9 Å². The van der Waals surface area contributed by atoms with Crippen LogP contribution in [0.5, 0.6) is 0 Å². The van der Waals surface area contributed by atoms with Gasteiger partial charge >= 0.3 is 6.03 Å². The van der Waals surface area contributed by atoms with Crippen molar-refractivity contribution in [3.05, 3.63) is 105 Å². The first-order valence-corrected chi connectivity index (χ1v) is 13.1. The second kappa shape index (κ2) is 8.91. The quantitative estimate of drug-likeness (QED) is 0.345. The summed E-state index contributed by atoms with van der Waals surface area (Å²) in [5, 5.41) is 4.33. The molecule has 0 saturated carbocycles. The van der Waals surface area contributed by atoms with Crippen molar-refractivity contribution in [3.8, 4) is 5.00 Å². The van der Waals surface area contributed by atoms with E-state index in [9.17, 15) is 9.18 Å². The molecule has 2 aliphatic rings. The van der Waals surface area contributed by atoms with Crippen molar-refractivity contribution < 1.29 is 9.18 Å². The third-order valence-corrected chi connectivity index (χ3v) is 8.72. The van der Waals surface area contributed by atoms with E-state index in [0.29, 0.717) is 6.54 Å². The highest BCUT2D eigenvalue weighted by Crippen LogP contribution is 2.43. The number of fused-ring (bicyclic) bond motifs is 5. The standard InChI is InChI=1S/C29H29FN4OS/c1-18-6-11-22(15-19(18)2)31-29(35)34-16-24-23-12-14-32(3)17-26(23)36-28(24)33-13-4-5-25(33)27(34)20-7-9-21(30)10-8-20/h4-11,13,15,27H,12,14,16-17H2,1-3H3,(H,31,35). The van der Waals surface area contributed by atoms with Crippen LogP contribution in [0.25, 0.3) is 5.00 Å². The van der Waals surface area contributed by atoms with Gasteiger partial charge in [-0.25, -0.2) is 9.18 Å². The van der Waals surface area contributed by atoms with E-state index in [1.807, 2.05) is 47.4 Å². The summed E-state index contributed by atoms with van der Waals surface area (Å²) < 4.78 is 16.1. The van der Waals surface area contributed by atoms with Gasteiger partial charge in [0.2, 0.25) is 0 Å². The molecule has 0 saturated heterocycles. The molecule has 1 unspecified atom stereocenters. The molecule has 0 radical (unpaired) electrons. The largest absolute Gasteiger partial charge is 0.322 e. The number of amides is 2. The molecule has 4 aromatic rings. The molecule has 7 heteroatoms. The van der Waals surface area contributed by atoms with E-state index in [-0.39, 0.29) is 17.9 Å². The van der Waals surface area contributed by atoms with Crippen LogP contribution in [0.1, 0.15) is 44.4 Å². The second-order valence-corrected chi connectivity index (χ2v) is 11.0. The lowest BCUT2D eigenvalue weighted by atomic mass is 10.0. The molecule has 6 rings (SSSR count). The predicted octanol–water partition coefficient (Wildman–Crippen LogP) is 6.42. The van der Waals surface area contributed by atoms with Crippen LogP contribution in [-0.2, 0) is 19.5 Å². The fourth-order valence-electron chi connectivity index (χ4n) is 5.36. The van der Waals surface area contributed by atoms with Crippen LogP contribution >= 0.6 is 11.3 Å². The molecule has 2 aromatic heterocycles. The van der Waals surface area contributed by atoms with Gasteiger partial charge in [-0.15, -0.1) is 11.3 Å². The molecule has 1 N–H and O–H groups in total. The van der Waals surface area contributed by atoms with Crippen LogP contribution in [0, 0.1) is 19.7 Å². The van der Waals surface area contributed by atoms with Crippen molar-refractivity contribution in [2.75, 3.05) is 18.9 Å². The van der Waals surface area contributed by atoms with E-state index in [1.54, 1.807) is 12.1 Å². The van der Waals surface area contributed by atoms with Gasteiger partial charge in [-0.1, -0.05) is 18.2 Å². The average molecular weight is 501 g/mol. The number of hydrogen-bond donors (Lipinski definition) is 1. The SMILES string of the molecule is Cc1ccc(NC(=O)N2Cc3c(sc4c3CCN(C)C4)-n3cccc3C2c2ccc(F)cc2)cc1C. The van der Waals surface area contributed by atoms with Crippen molar-refractivity contribution in [1.82, 2.24) is 14.4 Å². The molecule has 0 aliphatic carbocycles. The fourth-order valence-corrected chi connectivity index (χ4v) is 6.80. The van der Waals surface area contributed by atoms with Crippen LogP contribution in [0.2, 0.25) is 0 Å². The Morgan fingerprint density at radius 3 is 2.61 bits per heavy atom. The number of thiophene rings is 1. The normalized spacial score (nSPS) is 17.2. The summed E-state index contributed by atoms with van der Waals surface area (Å²) in [5.74, 6) is -0.286. The second-order valence-electron chi connectivity index (χ2n) is 9.89. The first-order valence-electron chi connectivity index (χ1n) is 12.3. The maximum Gasteiger partial charge on any atom is 0.322 e. The Morgan fingerprint density at radius 2 is 1.83 bits per heavy atom. The molecular formula is C29H29FN4OS. The first-order chi connectivity index (χ1) is 17.4. The summed E-state index contributed by atoms with van der Waals surface area (Å²) in [6.07, 6.45) is 3.06. The maximum atomic E-state index is 14.0. The summed E-state index contributed by atoms with van der Waals surface area (Å²) in [7, 11) is 2.16. The molecule has 5 nitrogen and oxygen atoms in total. The highest BCUT2D eigenvalue weighted by Gasteiger charge is 2.36. The molecule has 0 spiro atoms. The number of likely N-dealkylation sites (N-methyl/N-ethyl adjacent to an activating group) is 1. The number of benzene rings is 2. The predicted molar refractivity (Wildman–Crippen MR) is 142 cm³/mol. The van der Waals surface area contributed by atoms with Crippen molar-refractivity contribution >= 4 is 23.1 Å². The number of aryl methyl sites for hydroxylation is 2. The van der Waals surface area contributed by atoms with Gasteiger partial charge in [-0.3, -0.25) is 0 Å². The minimum absolute atomic E-state index is 0.166. The number of nitrogens with one attached hydrogen (secondary N) is 1. The monoisotopic (exact) mass is 500 g/mol. The summed E-state index contributed by atoms with van der Waals surface area (Å²) in [4.78, 5) is 19.6. The van der Waals surface area contributed by atoms with Gasteiger partial charge in [0.05, 0.1) is 18.3 Å². The zero-order chi connectivity index (χ0) is 25.0. The molecule has 2 aliphatic heterocycles. The average Bonchev–Trinajstić information content (AvgIpc) is 3.43. The Morgan fingerprint density at radius 1 is 1.03 bits per heavy atom. The smallest absolute Gasteiger partial charge is 0.310 e. The number of rotatable bonds is 2. The van der Waals surface area contributed by atoms with E-state index >= 15 is 0 Å². The lowest BCUT2D eigenvalue weighted by molar-refractivity contribution is 0.194. The lowest BCUT2D eigenvalue weighted by Crippen LogP contribution is -2.38. The third-order valence-electron chi connectivity index (χ3n) is 7.46. The van der Waals surface area contributed by atoms with E-state index < -0.39 is 0 Å². The molecule has 0 bridgehead atoms. The van der Waals surface area contributed by atoms with Crippen LogP contribution < -0.4 is 5.32 Å². The Balaban J connectivity index is 1.48. The minimum atomic E-state index is -0.353. The highest BCUT2D eigenvalue weighted by molar-refractivity contribution is 7.15. The van der Waals surface area contributed by atoms with Gasteiger partial charge in [0.25, 0.3) is 0 Å². The van der Waals surface area contributed by atoms with E-state index in [4.69, 9.17) is 0 Å². The van der Waals surface area contributed by atoms with Gasteiger partial charge in [-0.05, 0) is 86.0 Å². The number of nitrogens with zero attached hydrogens (tertiary/aromatic N) is 3. The summed E-state index contributed by atoms with van der Waals surface area (Å²) in [6.45, 7) is 6.54. The number of hydrogen-bond acceptors (Lipinski definition) is 3. The number of urea groups is 1. The Bertz CT molecular complexity index is 1450. The van der Waals surface area contributed by atoms with Gasteiger partial charge in [-0.2, -0.15) is 0 Å². The molecule has 0 fully saturated rings. The van der Waals surface area contributed by atoms with Gasteiger partial charge in [0, 0.05) is 35.4 Å². The molecular weight excluding hydrogens is 471 g/mol. The van der Waals surface area contributed by atoms with Crippen molar-refractivity contribution in [3.63, 3.8) is 0 Å². The summed E-state index contributed by atoms with van der Waals surface area (Å²) in [6, 6.07) is 16.1. The number of halogens is 1. The zero-order valence-electron chi connectivity index (χ0n) is 20.7. The minimum Gasteiger partial charge on any atom is -0.310 e. The van der Waals surface area contributed by atoms with Gasteiger partial charge in [0.1, 0.15) is 10.8 Å². The van der Waals surface area contributed by atoms with Crippen LogP contribution in [0.15, 0.2) is 60.8 Å². The van der Waals surface area contributed by atoms with Gasteiger partial charge in [0.15, 0.2) is 0 Å². The number of anilines is 1. The molecule has 36 heavy (non-hydrogen) atoms. The number of aromatic nitrogens is 1. The summed E-state index contributed by atoms with van der Waals surface area (Å²) in [5.41, 5.74) is 7.57. The van der Waals surface area contributed by atoms with Crippen molar-refractivity contribution in [2.45, 2.75) is 39.4 Å². The maximum absolute atomic E-state index is 14.0. The van der Waals surface area contributed by atoms with E-state index in [2.05, 4.69) is 41.0 Å². The van der Waals surface area contributed by atoms with E-state index in [0.717, 1.165) is 42.0 Å². The van der Waals surface area contributed by atoms with E-state index in [1.165, 1.54) is 38.7 Å². The Hall–Kier alpha value is -3.42. The molecule has 2 aromatic carbocycles. The number of carbonyl (C=O) groups excluding carboxylic acids is 1. The Labute approximate surface area is 214 Å².